The number of likely N-dealkylation sites (N-methyl/N-ethyl adjacent to an activating group) is 1. The fourth-order valence-corrected chi connectivity index (χ4v) is 1.97. The largest absolute Gasteiger partial charge is 0.493 e. The molecule has 0 radical (unpaired) electrons. The first kappa shape index (κ1) is 14.9. The average Bonchev–Trinajstić information content (AvgIpc) is 2.37. The lowest BCUT2D eigenvalue weighted by Gasteiger charge is -2.11. The van der Waals surface area contributed by atoms with Gasteiger partial charge in [-0.2, -0.15) is 0 Å². The number of hydrogen-bond acceptors (Lipinski definition) is 3. The van der Waals surface area contributed by atoms with Crippen molar-refractivity contribution in [3.8, 4) is 11.5 Å². The quantitative estimate of drug-likeness (QED) is 0.859. The fraction of sp³-hybridized carbons (Fsp3) is 0.429. The molecule has 0 saturated carbocycles. The molecule has 1 unspecified atom stereocenters. The van der Waals surface area contributed by atoms with Gasteiger partial charge in [0.05, 0.1) is 19.2 Å². The van der Waals surface area contributed by atoms with Crippen molar-refractivity contribution in [3.05, 3.63) is 28.8 Å². The van der Waals surface area contributed by atoms with Crippen LogP contribution in [0.3, 0.4) is 0 Å². The maximum absolute atomic E-state index is 6.28. The fourth-order valence-electron chi connectivity index (χ4n) is 1.67. The molecular weight excluding hydrogens is 250 g/mol. The van der Waals surface area contributed by atoms with E-state index >= 15 is 0 Å². The summed E-state index contributed by atoms with van der Waals surface area (Å²) in [4.78, 5) is 0. The van der Waals surface area contributed by atoms with Gasteiger partial charge in [-0.1, -0.05) is 30.7 Å². The van der Waals surface area contributed by atoms with E-state index in [4.69, 9.17) is 21.1 Å². The molecule has 100 valence electrons. The van der Waals surface area contributed by atoms with Gasteiger partial charge >= 0.3 is 0 Å². The molecule has 0 aliphatic rings. The van der Waals surface area contributed by atoms with Crippen LogP contribution in [-0.2, 0) is 0 Å². The van der Waals surface area contributed by atoms with Gasteiger partial charge in [-0.25, -0.2) is 0 Å². The van der Waals surface area contributed by atoms with Gasteiger partial charge in [-0.15, -0.1) is 0 Å². The lowest BCUT2D eigenvalue weighted by Crippen LogP contribution is -2.22. The summed E-state index contributed by atoms with van der Waals surface area (Å²) < 4.78 is 10.4. The first-order valence-electron chi connectivity index (χ1n) is 5.96. The zero-order valence-corrected chi connectivity index (χ0v) is 12.0. The van der Waals surface area contributed by atoms with Crippen molar-refractivity contribution >= 4 is 17.7 Å². The Balaban J connectivity index is 2.97. The number of benzene rings is 1. The van der Waals surface area contributed by atoms with Gasteiger partial charge in [0.25, 0.3) is 0 Å². The summed E-state index contributed by atoms with van der Waals surface area (Å²) in [6.07, 6.45) is 4.05. The van der Waals surface area contributed by atoms with Crippen LogP contribution in [0.15, 0.2) is 18.2 Å². The molecule has 4 heteroatoms. The molecule has 1 N–H and O–H groups in total. The predicted octanol–water partition coefficient (Wildman–Crippen LogP) is 3.37. The first-order valence-corrected chi connectivity index (χ1v) is 6.33. The highest BCUT2D eigenvalue weighted by molar-refractivity contribution is 6.33. The van der Waals surface area contributed by atoms with Crippen LogP contribution in [-0.4, -0.2) is 26.8 Å². The van der Waals surface area contributed by atoms with Crippen LogP contribution >= 0.6 is 11.6 Å². The van der Waals surface area contributed by atoms with Gasteiger partial charge < -0.3 is 14.8 Å². The van der Waals surface area contributed by atoms with Crippen LogP contribution in [0.25, 0.3) is 6.08 Å². The van der Waals surface area contributed by atoms with Crippen LogP contribution in [0.5, 0.6) is 11.5 Å². The van der Waals surface area contributed by atoms with Crippen molar-refractivity contribution < 1.29 is 9.47 Å². The topological polar surface area (TPSA) is 30.5 Å². The van der Waals surface area contributed by atoms with Crippen molar-refractivity contribution in [3.63, 3.8) is 0 Å². The van der Waals surface area contributed by atoms with E-state index < -0.39 is 0 Å². The van der Waals surface area contributed by atoms with Crippen molar-refractivity contribution in [2.24, 2.45) is 0 Å². The average molecular weight is 270 g/mol. The summed E-state index contributed by atoms with van der Waals surface area (Å²) in [6, 6.07) is 4.07. The number of rotatable bonds is 6. The van der Waals surface area contributed by atoms with Crippen LogP contribution in [0.2, 0.25) is 5.02 Å². The van der Waals surface area contributed by atoms with Crippen molar-refractivity contribution in [2.75, 3.05) is 20.8 Å². The molecule has 1 aromatic carbocycles. The van der Waals surface area contributed by atoms with Crippen LogP contribution in [0.1, 0.15) is 19.4 Å². The molecule has 1 atom stereocenters. The highest BCUT2D eigenvalue weighted by Crippen LogP contribution is 2.37. The minimum atomic E-state index is 0.305. The Morgan fingerprint density at radius 2 is 2.06 bits per heavy atom. The smallest absolute Gasteiger partial charge is 0.179 e. The summed E-state index contributed by atoms with van der Waals surface area (Å²) in [7, 11) is 3.18. The standard InChI is InChI=1S/C14H20ClNO2/c1-5-16-10(2)6-7-11-8-9-12(17-3)14(18-4)13(11)15/h6-10,16H,5H2,1-4H3/b7-6+. The predicted molar refractivity (Wildman–Crippen MR) is 76.7 cm³/mol. The normalized spacial score (nSPS) is 12.7. The summed E-state index contributed by atoms with van der Waals surface area (Å²) >= 11 is 6.28. The molecule has 1 aromatic rings. The highest BCUT2D eigenvalue weighted by Gasteiger charge is 2.11. The third-order valence-corrected chi connectivity index (χ3v) is 3.00. The summed E-state index contributed by atoms with van der Waals surface area (Å²) in [5, 5.41) is 3.87. The number of nitrogens with one attached hydrogen (secondary N) is 1. The molecule has 0 fully saturated rings. The van der Waals surface area contributed by atoms with Crippen LogP contribution in [0, 0.1) is 0 Å². The van der Waals surface area contributed by atoms with E-state index in [9.17, 15) is 0 Å². The Labute approximate surface area is 114 Å². The van der Waals surface area contributed by atoms with E-state index in [0.717, 1.165) is 12.1 Å². The van der Waals surface area contributed by atoms with E-state index in [-0.39, 0.29) is 0 Å². The first-order chi connectivity index (χ1) is 8.63. The van der Waals surface area contributed by atoms with E-state index in [1.807, 2.05) is 18.2 Å². The minimum absolute atomic E-state index is 0.305. The molecule has 0 aromatic heterocycles. The number of hydrogen-bond donors (Lipinski definition) is 1. The molecule has 0 spiro atoms. The second-order valence-electron chi connectivity index (χ2n) is 3.91. The Kier molecular flexibility index (Phi) is 6.02. The molecule has 1 rings (SSSR count). The summed E-state index contributed by atoms with van der Waals surface area (Å²) in [6.45, 7) is 5.10. The highest BCUT2D eigenvalue weighted by atomic mass is 35.5. The Morgan fingerprint density at radius 1 is 1.33 bits per heavy atom. The maximum Gasteiger partial charge on any atom is 0.179 e. The van der Waals surface area contributed by atoms with Gasteiger partial charge in [0.2, 0.25) is 0 Å². The molecule has 0 bridgehead atoms. The molecule has 3 nitrogen and oxygen atoms in total. The van der Waals surface area contributed by atoms with Crippen molar-refractivity contribution in [1.82, 2.24) is 5.32 Å². The Morgan fingerprint density at radius 3 is 2.61 bits per heavy atom. The third-order valence-electron chi connectivity index (χ3n) is 2.61. The summed E-state index contributed by atoms with van der Waals surface area (Å²) in [5.74, 6) is 1.21. The second-order valence-corrected chi connectivity index (χ2v) is 4.29. The molecule has 0 amide bonds. The molecular formula is C14H20ClNO2. The van der Waals surface area contributed by atoms with Crippen LogP contribution < -0.4 is 14.8 Å². The minimum Gasteiger partial charge on any atom is -0.493 e. The number of methoxy groups -OCH3 is 2. The Hall–Kier alpha value is -1.19. The molecule has 0 heterocycles. The van der Waals surface area contributed by atoms with Crippen molar-refractivity contribution in [2.45, 2.75) is 19.9 Å². The van der Waals surface area contributed by atoms with E-state index in [0.29, 0.717) is 22.6 Å². The van der Waals surface area contributed by atoms with E-state index in [1.54, 1.807) is 14.2 Å². The number of ether oxygens (including phenoxy) is 2. The van der Waals surface area contributed by atoms with E-state index in [2.05, 4.69) is 25.2 Å². The van der Waals surface area contributed by atoms with Gasteiger partial charge in [-0.3, -0.25) is 0 Å². The SMILES string of the molecule is CCNC(C)/C=C/c1ccc(OC)c(OC)c1Cl. The van der Waals surface area contributed by atoms with Crippen LogP contribution in [0.4, 0.5) is 0 Å². The zero-order chi connectivity index (χ0) is 13.5. The lowest BCUT2D eigenvalue weighted by molar-refractivity contribution is 0.355. The second kappa shape index (κ2) is 7.29. The van der Waals surface area contributed by atoms with Gasteiger partial charge in [0.15, 0.2) is 11.5 Å². The molecule has 18 heavy (non-hydrogen) atoms. The zero-order valence-electron chi connectivity index (χ0n) is 11.3. The van der Waals surface area contributed by atoms with Gasteiger partial charge in [-0.05, 0) is 31.2 Å². The molecule has 0 aliphatic carbocycles. The monoisotopic (exact) mass is 269 g/mol. The van der Waals surface area contributed by atoms with E-state index in [1.165, 1.54) is 0 Å². The van der Waals surface area contributed by atoms with Crippen molar-refractivity contribution in [1.29, 1.82) is 0 Å². The summed E-state index contributed by atoms with van der Waals surface area (Å²) in [5.41, 5.74) is 0.916. The lowest BCUT2D eigenvalue weighted by atomic mass is 10.1. The van der Waals surface area contributed by atoms with Gasteiger partial charge in [0, 0.05) is 6.04 Å². The molecule has 0 saturated heterocycles. The Bertz CT molecular complexity index is 419. The molecule has 0 aliphatic heterocycles. The maximum atomic E-state index is 6.28. The third kappa shape index (κ3) is 3.65. The van der Waals surface area contributed by atoms with Gasteiger partial charge in [0.1, 0.15) is 0 Å². The number of halogens is 1.